The smallest absolute Gasteiger partial charge is 0.0417 e. The number of benzene rings is 2. The van der Waals surface area contributed by atoms with Crippen LogP contribution in [0.1, 0.15) is 12.8 Å². The maximum atomic E-state index is 3.73. The van der Waals surface area contributed by atoms with Crippen LogP contribution in [0.15, 0.2) is 54.6 Å². The summed E-state index contributed by atoms with van der Waals surface area (Å²) in [5.74, 6) is 0.854. The van der Waals surface area contributed by atoms with Crippen molar-refractivity contribution in [1.82, 2.24) is 4.90 Å². The Hall–Kier alpha value is -2.00. The van der Waals surface area contributed by atoms with Crippen LogP contribution in [0.3, 0.4) is 0 Å². The summed E-state index contributed by atoms with van der Waals surface area (Å²) in [7, 11) is 0. The van der Waals surface area contributed by atoms with Crippen molar-refractivity contribution in [3.63, 3.8) is 0 Å². The zero-order valence-corrected chi connectivity index (χ0v) is 12.8. The lowest BCUT2D eigenvalue weighted by Gasteiger charge is -2.45. The van der Waals surface area contributed by atoms with E-state index in [2.05, 4.69) is 51.9 Å². The molecule has 0 aliphatic carbocycles. The highest BCUT2D eigenvalue weighted by atomic mass is 15.2. The Morgan fingerprint density at radius 1 is 0.773 bits per heavy atom. The number of hydrogen-bond donors (Lipinski definition) is 2. The van der Waals surface area contributed by atoms with Gasteiger partial charge in [-0.25, -0.2) is 0 Å². The van der Waals surface area contributed by atoms with Gasteiger partial charge in [0.15, 0.2) is 0 Å². The fourth-order valence-corrected chi connectivity index (χ4v) is 3.68. The van der Waals surface area contributed by atoms with E-state index in [1.54, 1.807) is 0 Å². The van der Waals surface area contributed by atoms with Crippen molar-refractivity contribution >= 4 is 17.1 Å². The van der Waals surface area contributed by atoms with Crippen molar-refractivity contribution in [2.45, 2.75) is 18.9 Å². The molecule has 0 saturated carbocycles. The summed E-state index contributed by atoms with van der Waals surface area (Å²) in [4.78, 5) is 2.59. The van der Waals surface area contributed by atoms with Crippen LogP contribution in [0.2, 0.25) is 0 Å². The van der Waals surface area contributed by atoms with Gasteiger partial charge in [0.1, 0.15) is 0 Å². The highest BCUT2D eigenvalue weighted by molar-refractivity contribution is 5.62. The normalized spacial score (nSPS) is 26.6. The Morgan fingerprint density at radius 2 is 1.41 bits per heavy atom. The first-order valence-corrected chi connectivity index (χ1v) is 8.28. The van der Waals surface area contributed by atoms with Crippen LogP contribution < -0.4 is 10.6 Å². The average molecular weight is 293 g/mol. The molecule has 3 heteroatoms. The molecule has 2 aromatic rings. The second kappa shape index (κ2) is 6.01. The lowest BCUT2D eigenvalue weighted by atomic mass is 9.84. The van der Waals surface area contributed by atoms with Crippen LogP contribution in [-0.2, 0) is 0 Å². The van der Waals surface area contributed by atoms with Gasteiger partial charge in [-0.1, -0.05) is 18.2 Å². The molecule has 22 heavy (non-hydrogen) atoms. The third-order valence-electron chi connectivity index (χ3n) is 4.96. The number of rotatable bonds is 4. The fourth-order valence-electron chi connectivity index (χ4n) is 3.68. The first-order chi connectivity index (χ1) is 10.9. The zero-order valence-electron chi connectivity index (χ0n) is 12.8. The van der Waals surface area contributed by atoms with Gasteiger partial charge in [0.25, 0.3) is 0 Å². The molecular weight excluding hydrogens is 270 g/mol. The molecule has 3 aliphatic rings. The highest BCUT2D eigenvalue weighted by Gasteiger charge is 2.33. The minimum absolute atomic E-state index is 0.621. The topological polar surface area (TPSA) is 27.3 Å². The summed E-state index contributed by atoms with van der Waals surface area (Å²) in [5, 5.41) is 7.16. The molecular formula is C19H23N3. The Bertz CT molecular complexity index is 600. The minimum atomic E-state index is 0.621. The molecule has 3 aliphatic heterocycles. The number of fused-ring (bicyclic) bond motifs is 3. The summed E-state index contributed by atoms with van der Waals surface area (Å²) in [6, 6.07) is 19.6. The number of hydrogen-bond acceptors (Lipinski definition) is 3. The van der Waals surface area contributed by atoms with Crippen LogP contribution in [-0.4, -0.2) is 30.6 Å². The number of piperidine rings is 3. The maximum Gasteiger partial charge on any atom is 0.0417 e. The molecule has 2 N–H and O–H groups in total. The van der Waals surface area contributed by atoms with E-state index in [4.69, 9.17) is 0 Å². The van der Waals surface area contributed by atoms with Gasteiger partial charge in [0, 0.05) is 29.6 Å². The van der Waals surface area contributed by atoms with Crippen molar-refractivity contribution in [3.8, 4) is 0 Å². The van der Waals surface area contributed by atoms with E-state index < -0.39 is 0 Å². The summed E-state index contributed by atoms with van der Waals surface area (Å²) in [6.45, 7) is 3.79. The maximum absolute atomic E-state index is 3.73. The Kier molecular flexibility index (Phi) is 3.73. The minimum Gasteiger partial charge on any atom is -0.381 e. The molecule has 1 unspecified atom stereocenters. The lowest BCUT2D eigenvalue weighted by Crippen LogP contribution is -2.53. The van der Waals surface area contributed by atoms with E-state index in [9.17, 15) is 0 Å². The average Bonchev–Trinajstić information content (AvgIpc) is 2.59. The summed E-state index contributed by atoms with van der Waals surface area (Å²) in [6.07, 6.45) is 2.70. The number of nitrogens with one attached hydrogen (secondary N) is 2. The molecule has 114 valence electrons. The van der Waals surface area contributed by atoms with Crippen molar-refractivity contribution in [1.29, 1.82) is 0 Å². The first-order valence-electron chi connectivity index (χ1n) is 8.28. The van der Waals surface area contributed by atoms with Crippen LogP contribution in [0.4, 0.5) is 17.1 Å². The highest BCUT2D eigenvalue weighted by Crippen LogP contribution is 2.30. The van der Waals surface area contributed by atoms with Crippen molar-refractivity contribution < 1.29 is 0 Å². The van der Waals surface area contributed by atoms with E-state index >= 15 is 0 Å². The predicted molar refractivity (Wildman–Crippen MR) is 92.7 cm³/mol. The third-order valence-corrected chi connectivity index (χ3v) is 4.96. The largest absolute Gasteiger partial charge is 0.381 e. The van der Waals surface area contributed by atoms with Gasteiger partial charge in [-0.3, -0.25) is 0 Å². The van der Waals surface area contributed by atoms with E-state index in [0.717, 1.165) is 17.3 Å². The van der Waals surface area contributed by atoms with Crippen molar-refractivity contribution in [3.05, 3.63) is 54.6 Å². The second-order valence-corrected chi connectivity index (χ2v) is 6.46. The Labute approximate surface area is 132 Å². The van der Waals surface area contributed by atoms with Gasteiger partial charge in [-0.2, -0.15) is 0 Å². The van der Waals surface area contributed by atoms with Gasteiger partial charge >= 0.3 is 0 Å². The molecule has 3 heterocycles. The SMILES string of the molecule is c1ccc(Nc2ccc(NC3CN4CCC3CC4)cc2)cc1. The van der Waals surface area contributed by atoms with Gasteiger partial charge in [0.05, 0.1) is 0 Å². The molecule has 0 radical (unpaired) electrons. The van der Waals surface area contributed by atoms with E-state index in [1.807, 2.05) is 18.2 Å². The molecule has 2 aromatic carbocycles. The zero-order chi connectivity index (χ0) is 14.8. The van der Waals surface area contributed by atoms with E-state index in [0.29, 0.717) is 6.04 Å². The third kappa shape index (κ3) is 2.95. The first kappa shape index (κ1) is 13.6. The van der Waals surface area contributed by atoms with Gasteiger partial charge in [-0.05, 0) is 68.2 Å². The Balaban J connectivity index is 1.39. The number of anilines is 3. The van der Waals surface area contributed by atoms with E-state index in [-0.39, 0.29) is 0 Å². The van der Waals surface area contributed by atoms with Gasteiger partial charge < -0.3 is 15.5 Å². The Morgan fingerprint density at radius 3 is 2.05 bits per heavy atom. The van der Waals surface area contributed by atoms with Crippen molar-refractivity contribution in [2.75, 3.05) is 30.3 Å². The van der Waals surface area contributed by atoms with Crippen LogP contribution in [0, 0.1) is 5.92 Å². The predicted octanol–water partition coefficient (Wildman–Crippen LogP) is 3.94. The molecule has 3 fully saturated rings. The van der Waals surface area contributed by atoms with Crippen LogP contribution >= 0.6 is 0 Å². The van der Waals surface area contributed by atoms with Crippen LogP contribution in [0.5, 0.6) is 0 Å². The molecule has 0 aromatic heterocycles. The van der Waals surface area contributed by atoms with Gasteiger partial charge in [0.2, 0.25) is 0 Å². The summed E-state index contributed by atoms with van der Waals surface area (Å²) >= 11 is 0. The molecule has 3 saturated heterocycles. The quantitative estimate of drug-likeness (QED) is 0.894. The summed E-state index contributed by atoms with van der Waals surface area (Å²) in [5.41, 5.74) is 3.49. The molecule has 0 spiro atoms. The van der Waals surface area contributed by atoms with Crippen molar-refractivity contribution in [2.24, 2.45) is 5.92 Å². The van der Waals surface area contributed by atoms with E-state index in [1.165, 1.54) is 38.2 Å². The number of para-hydroxylation sites is 1. The molecule has 3 nitrogen and oxygen atoms in total. The lowest BCUT2D eigenvalue weighted by molar-refractivity contribution is 0.0975. The second-order valence-electron chi connectivity index (χ2n) is 6.46. The molecule has 0 amide bonds. The molecule has 2 bridgehead atoms. The monoisotopic (exact) mass is 293 g/mol. The standard InChI is InChI=1S/C19H23N3/c1-2-4-16(5-3-1)20-17-6-8-18(9-7-17)21-19-14-22-12-10-15(19)11-13-22/h1-9,15,19-21H,10-14H2. The molecule has 1 atom stereocenters. The van der Waals surface area contributed by atoms with Gasteiger partial charge in [-0.15, -0.1) is 0 Å². The fraction of sp³-hybridized carbons (Fsp3) is 0.368. The van der Waals surface area contributed by atoms with Crippen LogP contribution in [0.25, 0.3) is 0 Å². The number of nitrogens with zero attached hydrogens (tertiary/aromatic N) is 1. The molecule has 5 rings (SSSR count). The summed E-state index contributed by atoms with van der Waals surface area (Å²) < 4.78 is 0.